The van der Waals surface area contributed by atoms with Crippen LogP contribution in [-0.4, -0.2) is 60.5 Å². The summed E-state index contributed by atoms with van der Waals surface area (Å²) in [5.41, 5.74) is 2.04. The number of rotatable bonds is 5. The molecule has 0 bridgehead atoms. The first-order valence-corrected chi connectivity index (χ1v) is 10.2. The molecule has 1 aromatic rings. The number of anilines is 1. The van der Waals surface area contributed by atoms with E-state index in [2.05, 4.69) is 22.3 Å². The maximum Gasteiger partial charge on any atom is 0.229 e. The van der Waals surface area contributed by atoms with E-state index in [1.807, 2.05) is 17.0 Å². The highest BCUT2D eigenvalue weighted by atomic mass is 16.5. The van der Waals surface area contributed by atoms with E-state index in [1.54, 1.807) is 0 Å². The second kappa shape index (κ2) is 8.40. The molecule has 2 heterocycles. The van der Waals surface area contributed by atoms with Gasteiger partial charge in [-0.05, 0) is 30.5 Å². The van der Waals surface area contributed by atoms with Gasteiger partial charge in [-0.25, -0.2) is 0 Å². The van der Waals surface area contributed by atoms with Crippen LogP contribution in [0, 0.1) is 5.92 Å². The van der Waals surface area contributed by atoms with Crippen molar-refractivity contribution in [2.45, 2.75) is 44.7 Å². The Morgan fingerprint density at radius 1 is 1.11 bits per heavy atom. The summed E-state index contributed by atoms with van der Waals surface area (Å²) in [6.45, 7) is 5.01. The summed E-state index contributed by atoms with van der Waals surface area (Å²) in [6, 6.07) is 8.40. The summed E-state index contributed by atoms with van der Waals surface area (Å²) >= 11 is 0. The number of nitrogens with one attached hydrogen (secondary N) is 1. The number of hydrogen-bond acceptors (Lipinski definition) is 4. The standard InChI is InChI=1S/C21H29N3O3/c25-20-13-17(15-24(20)19-3-1-2-4-19)21(26)22-18-7-5-16(6-8-18)14-23-9-11-27-12-10-23/h5-8,17,19H,1-4,9-15H2,(H,22,26). The van der Waals surface area contributed by atoms with E-state index < -0.39 is 0 Å². The van der Waals surface area contributed by atoms with E-state index in [4.69, 9.17) is 4.74 Å². The zero-order valence-electron chi connectivity index (χ0n) is 15.9. The molecule has 1 N–H and O–H groups in total. The van der Waals surface area contributed by atoms with Gasteiger partial charge >= 0.3 is 0 Å². The summed E-state index contributed by atoms with van der Waals surface area (Å²) in [4.78, 5) is 29.2. The zero-order chi connectivity index (χ0) is 18.6. The van der Waals surface area contributed by atoms with Crippen LogP contribution in [0.3, 0.4) is 0 Å². The van der Waals surface area contributed by atoms with Crippen molar-refractivity contribution in [2.24, 2.45) is 5.92 Å². The highest BCUT2D eigenvalue weighted by molar-refractivity contribution is 5.97. The third-order valence-electron chi connectivity index (χ3n) is 6.03. The van der Waals surface area contributed by atoms with Crippen LogP contribution in [0.25, 0.3) is 0 Å². The molecule has 1 aromatic carbocycles. The average Bonchev–Trinajstić information content (AvgIpc) is 3.34. The van der Waals surface area contributed by atoms with Gasteiger partial charge in [-0.1, -0.05) is 25.0 Å². The highest BCUT2D eigenvalue weighted by Crippen LogP contribution is 2.30. The fourth-order valence-corrected chi connectivity index (χ4v) is 4.43. The minimum atomic E-state index is -0.230. The molecule has 3 aliphatic rings. The summed E-state index contributed by atoms with van der Waals surface area (Å²) < 4.78 is 5.38. The Labute approximate surface area is 160 Å². The van der Waals surface area contributed by atoms with Crippen molar-refractivity contribution in [3.8, 4) is 0 Å². The molecule has 4 rings (SSSR count). The third-order valence-corrected chi connectivity index (χ3v) is 6.03. The number of nitrogens with zero attached hydrogens (tertiary/aromatic N) is 2. The Bertz CT molecular complexity index is 664. The maximum atomic E-state index is 12.6. The minimum Gasteiger partial charge on any atom is -0.379 e. The first-order valence-electron chi connectivity index (χ1n) is 10.2. The van der Waals surface area contributed by atoms with Gasteiger partial charge in [-0.2, -0.15) is 0 Å². The molecular formula is C21H29N3O3. The Morgan fingerprint density at radius 3 is 2.52 bits per heavy atom. The van der Waals surface area contributed by atoms with E-state index in [0.29, 0.717) is 19.0 Å². The van der Waals surface area contributed by atoms with Crippen molar-refractivity contribution in [1.82, 2.24) is 9.80 Å². The first-order chi connectivity index (χ1) is 13.2. The Hall–Kier alpha value is -1.92. The summed E-state index contributed by atoms with van der Waals surface area (Å²) in [6.07, 6.45) is 4.91. The molecule has 1 unspecified atom stereocenters. The number of carbonyl (C=O) groups is 2. The molecule has 27 heavy (non-hydrogen) atoms. The molecular weight excluding hydrogens is 342 g/mol. The van der Waals surface area contributed by atoms with Gasteiger partial charge in [0.15, 0.2) is 0 Å². The van der Waals surface area contributed by atoms with Crippen LogP contribution in [0.15, 0.2) is 24.3 Å². The molecule has 0 aromatic heterocycles. The lowest BCUT2D eigenvalue weighted by Gasteiger charge is -2.26. The average molecular weight is 371 g/mol. The summed E-state index contributed by atoms with van der Waals surface area (Å²) in [7, 11) is 0. The fourth-order valence-electron chi connectivity index (χ4n) is 4.43. The first kappa shape index (κ1) is 18.4. The molecule has 1 saturated carbocycles. The third kappa shape index (κ3) is 4.50. The van der Waals surface area contributed by atoms with Gasteiger partial charge in [0.2, 0.25) is 11.8 Å². The van der Waals surface area contributed by atoms with E-state index in [0.717, 1.165) is 51.4 Å². The molecule has 6 heteroatoms. The van der Waals surface area contributed by atoms with Gasteiger partial charge < -0.3 is 15.0 Å². The SMILES string of the molecule is O=C(Nc1ccc(CN2CCOCC2)cc1)C1CC(=O)N(C2CCCC2)C1. The zero-order valence-corrected chi connectivity index (χ0v) is 15.9. The second-order valence-electron chi connectivity index (χ2n) is 7.96. The van der Waals surface area contributed by atoms with E-state index in [-0.39, 0.29) is 17.7 Å². The lowest BCUT2D eigenvalue weighted by atomic mass is 10.1. The number of benzene rings is 1. The summed E-state index contributed by atoms with van der Waals surface area (Å²) in [5.74, 6) is -0.126. The van der Waals surface area contributed by atoms with Crippen LogP contribution in [0.1, 0.15) is 37.7 Å². The largest absolute Gasteiger partial charge is 0.379 e. The van der Waals surface area contributed by atoms with Crippen LogP contribution >= 0.6 is 0 Å². The molecule has 2 amide bonds. The fraction of sp³-hybridized carbons (Fsp3) is 0.619. The molecule has 2 saturated heterocycles. The maximum absolute atomic E-state index is 12.6. The smallest absolute Gasteiger partial charge is 0.229 e. The molecule has 1 aliphatic carbocycles. The van der Waals surface area contributed by atoms with E-state index in [1.165, 1.54) is 18.4 Å². The minimum absolute atomic E-state index is 0.0372. The second-order valence-corrected chi connectivity index (χ2v) is 7.96. The van der Waals surface area contributed by atoms with Crippen molar-refractivity contribution >= 4 is 17.5 Å². The number of carbonyl (C=O) groups excluding carboxylic acids is 2. The Balaban J connectivity index is 1.29. The lowest BCUT2D eigenvalue weighted by molar-refractivity contribution is -0.129. The monoisotopic (exact) mass is 371 g/mol. The van der Waals surface area contributed by atoms with Gasteiger partial charge in [0.05, 0.1) is 19.1 Å². The van der Waals surface area contributed by atoms with Gasteiger partial charge in [0, 0.05) is 44.3 Å². The van der Waals surface area contributed by atoms with Gasteiger partial charge in [-0.15, -0.1) is 0 Å². The quantitative estimate of drug-likeness (QED) is 0.862. The van der Waals surface area contributed by atoms with Crippen molar-refractivity contribution in [2.75, 3.05) is 38.2 Å². The van der Waals surface area contributed by atoms with E-state index in [9.17, 15) is 9.59 Å². The van der Waals surface area contributed by atoms with Crippen LogP contribution in [0.5, 0.6) is 0 Å². The molecule has 1 atom stereocenters. The van der Waals surface area contributed by atoms with Crippen molar-refractivity contribution in [1.29, 1.82) is 0 Å². The van der Waals surface area contributed by atoms with E-state index >= 15 is 0 Å². The summed E-state index contributed by atoms with van der Waals surface area (Å²) in [5, 5.41) is 2.99. The van der Waals surface area contributed by atoms with Crippen molar-refractivity contribution in [3.05, 3.63) is 29.8 Å². The number of likely N-dealkylation sites (tertiary alicyclic amines) is 1. The Kier molecular flexibility index (Phi) is 5.74. The number of ether oxygens (including phenoxy) is 1. The van der Waals surface area contributed by atoms with Crippen LogP contribution in [0.2, 0.25) is 0 Å². The normalized spacial score (nSPS) is 24.5. The molecule has 146 valence electrons. The van der Waals surface area contributed by atoms with Gasteiger partial charge in [0.1, 0.15) is 0 Å². The molecule has 3 fully saturated rings. The molecule has 0 spiro atoms. The van der Waals surface area contributed by atoms with Crippen molar-refractivity contribution in [3.63, 3.8) is 0 Å². The van der Waals surface area contributed by atoms with Gasteiger partial charge in [-0.3, -0.25) is 14.5 Å². The number of amides is 2. The predicted molar refractivity (Wildman–Crippen MR) is 103 cm³/mol. The Morgan fingerprint density at radius 2 is 1.81 bits per heavy atom. The van der Waals surface area contributed by atoms with Gasteiger partial charge in [0.25, 0.3) is 0 Å². The van der Waals surface area contributed by atoms with Crippen LogP contribution in [-0.2, 0) is 20.9 Å². The molecule has 6 nitrogen and oxygen atoms in total. The highest BCUT2D eigenvalue weighted by Gasteiger charge is 2.38. The van der Waals surface area contributed by atoms with Crippen LogP contribution < -0.4 is 5.32 Å². The predicted octanol–water partition coefficient (Wildman–Crippen LogP) is 2.25. The molecule has 0 radical (unpaired) electrons. The lowest BCUT2D eigenvalue weighted by Crippen LogP contribution is -2.35. The van der Waals surface area contributed by atoms with Crippen LogP contribution in [0.4, 0.5) is 5.69 Å². The number of morpholine rings is 1. The van der Waals surface area contributed by atoms with Crippen molar-refractivity contribution < 1.29 is 14.3 Å². The topological polar surface area (TPSA) is 61.9 Å². The number of hydrogen-bond donors (Lipinski definition) is 1. The molecule has 2 aliphatic heterocycles.